The second-order valence-electron chi connectivity index (χ2n) is 5.62. The maximum atomic E-state index is 12.5. The van der Waals surface area contributed by atoms with Crippen LogP contribution in [0.4, 0.5) is 0 Å². The Morgan fingerprint density at radius 2 is 2.10 bits per heavy atom. The molecule has 1 aliphatic rings. The zero-order chi connectivity index (χ0) is 14.1. The van der Waals surface area contributed by atoms with E-state index in [-0.39, 0.29) is 5.91 Å². The highest BCUT2D eigenvalue weighted by atomic mass is 16.2. The average molecular weight is 272 g/mol. The summed E-state index contributed by atoms with van der Waals surface area (Å²) < 4.78 is 0. The van der Waals surface area contributed by atoms with Gasteiger partial charge in [-0.1, -0.05) is 0 Å². The molecule has 2 aromatic rings. The van der Waals surface area contributed by atoms with Gasteiger partial charge in [-0.05, 0) is 45.1 Å². The van der Waals surface area contributed by atoms with E-state index in [2.05, 4.69) is 29.0 Å². The van der Waals surface area contributed by atoms with Gasteiger partial charge in [-0.2, -0.15) is 0 Å². The number of carbonyl (C=O) groups is 1. The van der Waals surface area contributed by atoms with Crippen LogP contribution in [0.1, 0.15) is 23.2 Å². The molecule has 1 saturated heterocycles. The first-order chi connectivity index (χ1) is 9.65. The van der Waals surface area contributed by atoms with Crippen molar-refractivity contribution in [2.24, 2.45) is 0 Å². The molecular weight excluding hydrogens is 252 g/mol. The van der Waals surface area contributed by atoms with Gasteiger partial charge in [0.1, 0.15) is 0 Å². The fourth-order valence-electron chi connectivity index (χ4n) is 2.84. The van der Waals surface area contributed by atoms with E-state index in [1.165, 1.54) is 0 Å². The fraction of sp³-hybridized carbons (Fsp3) is 0.467. The van der Waals surface area contributed by atoms with Gasteiger partial charge in [-0.15, -0.1) is 0 Å². The summed E-state index contributed by atoms with van der Waals surface area (Å²) in [5.41, 5.74) is 2.55. The molecule has 1 aromatic carbocycles. The molecule has 0 aliphatic carbocycles. The molecule has 1 aromatic heterocycles. The molecule has 1 fully saturated rings. The molecule has 0 bridgehead atoms. The van der Waals surface area contributed by atoms with Crippen LogP contribution in [0.15, 0.2) is 24.5 Å². The SMILES string of the molecule is CN(C)C1CCN(C(=O)c2ccc3nc[nH]c3c2)CC1. The fourth-order valence-corrected chi connectivity index (χ4v) is 2.84. The predicted molar refractivity (Wildman–Crippen MR) is 78.7 cm³/mol. The van der Waals surface area contributed by atoms with Crippen LogP contribution in [-0.4, -0.2) is 58.9 Å². The Hall–Kier alpha value is -1.88. The van der Waals surface area contributed by atoms with Crippen LogP contribution in [0.2, 0.25) is 0 Å². The van der Waals surface area contributed by atoms with Crippen LogP contribution >= 0.6 is 0 Å². The van der Waals surface area contributed by atoms with Crippen LogP contribution in [0.3, 0.4) is 0 Å². The maximum absolute atomic E-state index is 12.5. The van der Waals surface area contributed by atoms with E-state index in [1.807, 2.05) is 23.1 Å². The number of hydrogen-bond acceptors (Lipinski definition) is 3. The van der Waals surface area contributed by atoms with Crippen LogP contribution in [0, 0.1) is 0 Å². The molecule has 0 saturated carbocycles. The first-order valence-corrected chi connectivity index (χ1v) is 7.04. The van der Waals surface area contributed by atoms with Crippen molar-refractivity contribution in [2.75, 3.05) is 27.2 Å². The zero-order valence-electron chi connectivity index (χ0n) is 12.0. The van der Waals surface area contributed by atoms with E-state index < -0.39 is 0 Å². The molecule has 0 atom stereocenters. The standard InChI is InChI=1S/C15H20N4O/c1-18(2)12-5-7-19(8-6-12)15(20)11-3-4-13-14(9-11)17-10-16-13/h3-4,9-10,12H,5-8H2,1-2H3,(H,16,17). The molecule has 20 heavy (non-hydrogen) atoms. The van der Waals surface area contributed by atoms with Crippen molar-refractivity contribution in [1.29, 1.82) is 0 Å². The molecule has 2 heterocycles. The van der Waals surface area contributed by atoms with Gasteiger partial charge >= 0.3 is 0 Å². The third-order valence-corrected chi connectivity index (χ3v) is 4.15. The number of likely N-dealkylation sites (tertiary alicyclic amines) is 1. The summed E-state index contributed by atoms with van der Waals surface area (Å²) >= 11 is 0. The van der Waals surface area contributed by atoms with E-state index in [0.717, 1.165) is 42.5 Å². The molecule has 1 amide bonds. The van der Waals surface area contributed by atoms with Gasteiger partial charge < -0.3 is 14.8 Å². The van der Waals surface area contributed by atoms with Crippen molar-refractivity contribution in [1.82, 2.24) is 19.8 Å². The van der Waals surface area contributed by atoms with Gasteiger partial charge in [-0.3, -0.25) is 4.79 Å². The number of nitrogens with zero attached hydrogens (tertiary/aromatic N) is 3. The predicted octanol–water partition coefficient (Wildman–Crippen LogP) is 1.73. The van der Waals surface area contributed by atoms with Crippen LogP contribution < -0.4 is 0 Å². The normalized spacial score (nSPS) is 17.1. The molecular formula is C15H20N4O. The summed E-state index contributed by atoms with van der Waals surface area (Å²) in [7, 11) is 4.21. The van der Waals surface area contributed by atoms with Gasteiger partial charge in [0.05, 0.1) is 17.4 Å². The average Bonchev–Trinajstić information content (AvgIpc) is 2.94. The van der Waals surface area contributed by atoms with Crippen LogP contribution in [0.5, 0.6) is 0 Å². The Kier molecular flexibility index (Phi) is 3.44. The van der Waals surface area contributed by atoms with E-state index in [4.69, 9.17) is 0 Å². The van der Waals surface area contributed by atoms with Gasteiger partial charge in [0.2, 0.25) is 0 Å². The quantitative estimate of drug-likeness (QED) is 0.906. The number of nitrogens with one attached hydrogen (secondary N) is 1. The number of benzene rings is 1. The number of imidazole rings is 1. The lowest BCUT2D eigenvalue weighted by Gasteiger charge is -2.35. The monoisotopic (exact) mass is 272 g/mol. The number of carbonyl (C=O) groups excluding carboxylic acids is 1. The minimum absolute atomic E-state index is 0.124. The van der Waals surface area contributed by atoms with E-state index in [9.17, 15) is 4.79 Å². The summed E-state index contributed by atoms with van der Waals surface area (Å²) in [5, 5.41) is 0. The van der Waals surface area contributed by atoms with Crippen molar-refractivity contribution in [3.63, 3.8) is 0 Å². The molecule has 1 aliphatic heterocycles. The number of rotatable bonds is 2. The number of hydrogen-bond donors (Lipinski definition) is 1. The molecule has 106 valence electrons. The van der Waals surface area contributed by atoms with Crippen molar-refractivity contribution in [3.8, 4) is 0 Å². The highest BCUT2D eigenvalue weighted by Gasteiger charge is 2.24. The molecule has 5 heteroatoms. The zero-order valence-corrected chi connectivity index (χ0v) is 12.0. The van der Waals surface area contributed by atoms with Crippen LogP contribution in [-0.2, 0) is 0 Å². The Balaban J connectivity index is 1.73. The second-order valence-corrected chi connectivity index (χ2v) is 5.62. The lowest BCUT2D eigenvalue weighted by molar-refractivity contribution is 0.0663. The molecule has 0 spiro atoms. The number of aromatic nitrogens is 2. The third-order valence-electron chi connectivity index (χ3n) is 4.15. The van der Waals surface area contributed by atoms with E-state index in [1.54, 1.807) is 6.33 Å². The van der Waals surface area contributed by atoms with Crippen molar-refractivity contribution >= 4 is 16.9 Å². The number of aromatic amines is 1. The molecule has 3 rings (SSSR count). The van der Waals surface area contributed by atoms with Gasteiger partial charge in [0.15, 0.2) is 0 Å². The first kappa shape index (κ1) is 13.1. The molecule has 0 radical (unpaired) electrons. The Labute approximate surface area is 118 Å². The molecule has 1 N–H and O–H groups in total. The second kappa shape index (κ2) is 5.25. The molecule has 5 nitrogen and oxygen atoms in total. The van der Waals surface area contributed by atoms with Crippen molar-refractivity contribution in [2.45, 2.75) is 18.9 Å². The highest BCUT2D eigenvalue weighted by Crippen LogP contribution is 2.18. The number of piperidine rings is 1. The molecule has 0 unspecified atom stereocenters. The van der Waals surface area contributed by atoms with Crippen molar-refractivity contribution < 1.29 is 4.79 Å². The number of fused-ring (bicyclic) bond motifs is 1. The summed E-state index contributed by atoms with van der Waals surface area (Å²) in [4.78, 5) is 24.0. The van der Waals surface area contributed by atoms with E-state index in [0.29, 0.717) is 6.04 Å². The lowest BCUT2D eigenvalue weighted by Crippen LogP contribution is -2.44. The minimum atomic E-state index is 0.124. The van der Waals surface area contributed by atoms with Crippen molar-refractivity contribution in [3.05, 3.63) is 30.1 Å². The highest BCUT2D eigenvalue weighted by molar-refractivity contribution is 5.97. The topological polar surface area (TPSA) is 52.2 Å². The largest absolute Gasteiger partial charge is 0.345 e. The third kappa shape index (κ3) is 2.41. The lowest BCUT2D eigenvalue weighted by atomic mass is 10.0. The van der Waals surface area contributed by atoms with Gasteiger partial charge in [0.25, 0.3) is 5.91 Å². The Morgan fingerprint density at radius 1 is 1.35 bits per heavy atom. The van der Waals surface area contributed by atoms with E-state index >= 15 is 0 Å². The van der Waals surface area contributed by atoms with Gasteiger partial charge in [0, 0.05) is 24.7 Å². The van der Waals surface area contributed by atoms with Crippen LogP contribution in [0.25, 0.3) is 11.0 Å². The summed E-state index contributed by atoms with van der Waals surface area (Å²) in [6, 6.07) is 6.24. The maximum Gasteiger partial charge on any atom is 0.253 e. The Bertz CT molecular complexity index is 611. The number of H-pyrrole nitrogens is 1. The minimum Gasteiger partial charge on any atom is -0.345 e. The summed E-state index contributed by atoms with van der Waals surface area (Å²) in [6.45, 7) is 1.67. The summed E-state index contributed by atoms with van der Waals surface area (Å²) in [5.74, 6) is 0.124. The first-order valence-electron chi connectivity index (χ1n) is 7.04. The number of amides is 1. The Morgan fingerprint density at radius 3 is 2.80 bits per heavy atom. The smallest absolute Gasteiger partial charge is 0.253 e. The van der Waals surface area contributed by atoms with Gasteiger partial charge in [-0.25, -0.2) is 4.98 Å². The summed E-state index contributed by atoms with van der Waals surface area (Å²) in [6.07, 6.45) is 3.75.